The molecule has 2 nitrogen and oxygen atoms in total. The average molecular weight is 268 g/mol. The van der Waals surface area contributed by atoms with Gasteiger partial charge in [-0.05, 0) is 36.8 Å². The minimum atomic E-state index is 0.253. The van der Waals surface area contributed by atoms with E-state index in [0.717, 1.165) is 23.5 Å². The van der Waals surface area contributed by atoms with Gasteiger partial charge in [0.2, 0.25) is 0 Å². The average Bonchev–Trinajstić information content (AvgIpc) is 2.86. The fourth-order valence-corrected chi connectivity index (χ4v) is 2.20. The molecule has 1 heterocycles. The smallest absolute Gasteiger partial charge is 0.134 e. The van der Waals surface area contributed by atoms with Crippen LogP contribution in [0.1, 0.15) is 18.1 Å². The Morgan fingerprint density at radius 1 is 1.12 bits per heavy atom. The Morgan fingerprint density at radius 3 is 2.53 bits per heavy atom. The van der Waals surface area contributed by atoms with Crippen LogP contribution in [0.15, 0.2) is 34.7 Å². The summed E-state index contributed by atoms with van der Waals surface area (Å²) in [6.45, 7) is 0. The number of furan rings is 1. The van der Waals surface area contributed by atoms with Gasteiger partial charge in [0.05, 0.1) is 10.0 Å². The van der Waals surface area contributed by atoms with Gasteiger partial charge in [0.25, 0.3) is 0 Å². The van der Waals surface area contributed by atoms with Crippen LogP contribution < -0.4 is 5.73 Å². The predicted octanol–water partition coefficient (Wildman–Crippen LogP) is 4.07. The molecule has 1 aliphatic rings. The van der Waals surface area contributed by atoms with E-state index in [1.54, 1.807) is 12.1 Å². The van der Waals surface area contributed by atoms with Crippen LogP contribution in [0, 0.1) is 0 Å². The van der Waals surface area contributed by atoms with Crippen LogP contribution in [0.2, 0.25) is 10.0 Å². The minimum Gasteiger partial charge on any atom is -0.461 e. The van der Waals surface area contributed by atoms with E-state index >= 15 is 0 Å². The number of nitrogens with two attached hydrogens (primary N) is 1. The van der Waals surface area contributed by atoms with Crippen LogP contribution in [0.25, 0.3) is 11.3 Å². The summed E-state index contributed by atoms with van der Waals surface area (Å²) in [5.41, 5.74) is 6.72. The summed E-state index contributed by atoms with van der Waals surface area (Å²) in [5.74, 6) is 2.14. The Hall–Kier alpha value is -0.960. The van der Waals surface area contributed by atoms with E-state index in [4.69, 9.17) is 33.4 Å². The maximum absolute atomic E-state index is 5.97. The van der Waals surface area contributed by atoms with Gasteiger partial charge in [-0.25, -0.2) is 0 Å². The molecule has 0 spiro atoms. The van der Waals surface area contributed by atoms with Crippen LogP contribution in [-0.2, 0) is 0 Å². The first-order valence-corrected chi connectivity index (χ1v) is 6.21. The van der Waals surface area contributed by atoms with E-state index in [-0.39, 0.29) is 6.04 Å². The summed E-state index contributed by atoms with van der Waals surface area (Å²) in [4.78, 5) is 0. The van der Waals surface area contributed by atoms with Crippen molar-refractivity contribution >= 4 is 23.2 Å². The van der Waals surface area contributed by atoms with E-state index in [1.807, 2.05) is 18.2 Å². The lowest BCUT2D eigenvalue weighted by Gasteiger charge is -2.00. The number of hydrogen-bond acceptors (Lipinski definition) is 2. The van der Waals surface area contributed by atoms with Crippen LogP contribution in [-0.4, -0.2) is 6.04 Å². The molecule has 0 amide bonds. The van der Waals surface area contributed by atoms with E-state index in [9.17, 15) is 0 Å². The Balaban J connectivity index is 1.92. The van der Waals surface area contributed by atoms with Gasteiger partial charge in [0.15, 0.2) is 0 Å². The molecular formula is C13H11Cl2NO. The summed E-state index contributed by atoms with van der Waals surface area (Å²) >= 11 is 11.8. The minimum absolute atomic E-state index is 0.253. The number of halogens is 2. The molecule has 17 heavy (non-hydrogen) atoms. The van der Waals surface area contributed by atoms with Crippen molar-refractivity contribution in [2.45, 2.75) is 18.4 Å². The number of benzene rings is 1. The Kier molecular flexibility index (Phi) is 2.66. The third kappa shape index (κ3) is 2.08. The Bertz CT molecular complexity index is 564. The van der Waals surface area contributed by atoms with Crippen LogP contribution in [0.5, 0.6) is 0 Å². The molecular weight excluding hydrogens is 257 g/mol. The lowest BCUT2D eigenvalue weighted by molar-refractivity contribution is 0.522. The van der Waals surface area contributed by atoms with Gasteiger partial charge in [-0.1, -0.05) is 23.2 Å². The largest absolute Gasteiger partial charge is 0.461 e. The summed E-state index contributed by atoms with van der Waals surface area (Å²) < 4.78 is 5.78. The van der Waals surface area contributed by atoms with E-state index in [0.29, 0.717) is 16.0 Å². The molecule has 0 bridgehead atoms. The second-order valence-corrected chi connectivity index (χ2v) is 5.15. The van der Waals surface area contributed by atoms with Gasteiger partial charge in [0.1, 0.15) is 11.5 Å². The first-order valence-electron chi connectivity index (χ1n) is 5.46. The van der Waals surface area contributed by atoms with Crippen molar-refractivity contribution in [1.82, 2.24) is 0 Å². The lowest BCUT2D eigenvalue weighted by Crippen LogP contribution is -2.00. The summed E-state index contributed by atoms with van der Waals surface area (Å²) in [5, 5.41) is 1.08. The van der Waals surface area contributed by atoms with Gasteiger partial charge < -0.3 is 10.2 Å². The molecule has 2 N–H and O–H groups in total. The van der Waals surface area contributed by atoms with Gasteiger partial charge in [-0.2, -0.15) is 0 Å². The number of hydrogen-bond donors (Lipinski definition) is 1. The number of rotatable bonds is 2. The molecule has 88 valence electrons. The molecule has 0 aliphatic heterocycles. The van der Waals surface area contributed by atoms with E-state index < -0.39 is 0 Å². The summed E-state index contributed by atoms with van der Waals surface area (Å²) in [6, 6.07) is 9.64. The standard InChI is InChI=1S/C13H11Cl2NO/c14-9-2-1-7(5-10(9)15)12-3-4-13(17-12)8-6-11(8)16/h1-5,8,11H,6,16H2/t8-,11+/m0/s1. The Morgan fingerprint density at radius 2 is 1.88 bits per heavy atom. The molecule has 0 unspecified atom stereocenters. The molecule has 0 saturated heterocycles. The zero-order valence-electron chi connectivity index (χ0n) is 8.99. The second-order valence-electron chi connectivity index (χ2n) is 4.34. The van der Waals surface area contributed by atoms with E-state index in [1.165, 1.54) is 0 Å². The normalized spacial score (nSPS) is 22.8. The fourth-order valence-electron chi connectivity index (χ4n) is 1.90. The predicted molar refractivity (Wildman–Crippen MR) is 69.5 cm³/mol. The van der Waals surface area contributed by atoms with Crippen molar-refractivity contribution in [3.63, 3.8) is 0 Å². The van der Waals surface area contributed by atoms with Crippen molar-refractivity contribution < 1.29 is 4.42 Å². The molecule has 1 aromatic heterocycles. The molecule has 4 heteroatoms. The molecule has 3 rings (SSSR count). The monoisotopic (exact) mass is 267 g/mol. The third-order valence-electron chi connectivity index (χ3n) is 3.04. The third-order valence-corrected chi connectivity index (χ3v) is 3.78. The van der Waals surface area contributed by atoms with Crippen molar-refractivity contribution in [1.29, 1.82) is 0 Å². The van der Waals surface area contributed by atoms with Crippen molar-refractivity contribution in [2.24, 2.45) is 5.73 Å². The summed E-state index contributed by atoms with van der Waals surface area (Å²) in [6.07, 6.45) is 1.01. The molecule has 0 radical (unpaired) electrons. The maximum atomic E-state index is 5.97. The molecule has 1 saturated carbocycles. The SMILES string of the molecule is N[C@@H]1C[C@@H]1c1ccc(-c2ccc(Cl)c(Cl)c2)o1. The van der Waals surface area contributed by atoms with Crippen LogP contribution in [0.3, 0.4) is 0 Å². The zero-order valence-corrected chi connectivity index (χ0v) is 10.5. The van der Waals surface area contributed by atoms with Gasteiger partial charge in [-0.15, -0.1) is 0 Å². The van der Waals surface area contributed by atoms with Gasteiger partial charge >= 0.3 is 0 Å². The van der Waals surface area contributed by atoms with Crippen LogP contribution in [0.4, 0.5) is 0 Å². The van der Waals surface area contributed by atoms with E-state index in [2.05, 4.69) is 0 Å². The molecule has 2 atom stereocenters. The summed E-state index contributed by atoms with van der Waals surface area (Å²) in [7, 11) is 0. The quantitative estimate of drug-likeness (QED) is 0.891. The molecule has 2 aromatic rings. The fraction of sp³-hybridized carbons (Fsp3) is 0.231. The molecule has 1 aliphatic carbocycles. The lowest BCUT2D eigenvalue weighted by atomic mass is 10.2. The highest BCUT2D eigenvalue weighted by Gasteiger charge is 2.37. The zero-order chi connectivity index (χ0) is 12.0. The van der Waals surface area contributed by atoms with Gasteiger partial charge in [0, 0.05) is 17.5 Å². The second kappa shape index (κ2) is 4.05. The highest BCUT2D eigenvalue weighted by molar-refractivity contribution is 6.42. The van der Waals surface area contributed by atoms with Crippen LogP contribution >= 0.6 is 23.2 Å². The first kappa shape index (κ1) is 11.1. The van der Waals surface area contributed by atoms with Crippen molar-refractivity contribution in [3.05, 3.63) is 46.1 Å². The maximum Gasteiger partial charge on any atom is 0.134 e. The highest BCUT2D eigenvalue weighted by Crippen LogP contribution is 2.41. The highest BCUT2D eigenvalue weighted by atomic mass is 35.5. The molecule has 1 fully saturated rings. The Labute approximate surface area is 109 Å². The molecule has 1 aromatic carbocycles. The topological polar surface area (TPSA) is 39.2 Å². The van der Waals surface area contributed by atoms with Crippen molar-refractivity contribution in [2.75, 3.05) is 0 Å². The van der Waals surface area contributed by atoms with Gasteiger partial charge in [-0.3, -0.25) is 0 Å². The first-order chi connectivity index (χ1) is 8.15. The van der Waals surface area contributed by atoms with Crippen molar-refractivity contribution in [3.8, 4) is 11.3 Å².